The fourth-order valence-electron chi connectivity index (χ4n) is 2.74. The van der Waals surface area contributed by atoms with Crippen molar-refractivity contribution < 1.29 is 14.7 Å². The van der Waals surface area contributed by atoms with Gasteiger partial charge in [-0.15, -0.1) is 0 Å². The van der Waals surface area contributed by atoms with E-state index in [1.807, 2.05) is 53.1 Å². The van der Waals surface area contributed by atoms with Crippen LogP contribution in [0.5, 0.6) is 5.75 Å². The van der Waals surface area contributed by atoms with Crippen LogP contribution in [0.3, 0.4) is 0 Å². The van der Waals surface area contributed by atoms with Gasteiger partial charge in [-0.05, 0) is 24.1 Å². The van der Waals surface area contributed by atoms with Gasteiger partial charge in [0.05, 0.1) is 12.2 Å². The Labute approximate surface area is 151 Å². The van der Waals surface area contributed by atoms with E-state index in [1.54, 1.807) is 5.48 Å². The second-order valence-corrected chi connectivity index (χ2v) is 5.89. The summed E-state index contributed by atoms with van der Waals surface area (Å²) >= 11 is 0. The van der Waals surface area contributed by atoms with Crippen molar-refractivity contribution in [3.63, 3.8) is 0 Å². The van der Waals surface area contributed by atoms with Gasteiger partial charge in [-0.3, -0.25) is 14.4 Å². The molecule has 0 fully saturated rings. The Balaban J connectivity index is 1.89. The number of carbonyl (C=O) groups excluding carboxylic acids is 1. The second-order valence-electron chi connectivity index (χ2n) is 5.89. The summed E-state index contributed by atoms with van der Waals surface area (Å²) in [5.74, 6) is 0.892. The van der Waals surface area contributed by atoms with Crippen LogP contribution < -0.4 is 15.5 Å². The summed E-state index contributed by atoms with van der Waals surface area (Å²) < 4.78 is 7.84. The molecule has 1 aromatic carbocycles. The van der Waals surface area contributed by atoms with Crippen molar-refractivity contribution in [3.05, 3.63) is 59.9 Å². The molecule has 0 bridgehead atoms. The molecular formula is C19H22N4O3. The molecule has 0 spiro atoms. The van der Waals surface area contributed by atoms with Crippen molar-refractivity contribution in [2.45, 2.75) is 26.4 Å². The zero-order valence-electron chi connectivity index (χ0n) is 14.6. The molecule has 0 aliphatic rings. The maximum Gasteiger partial charge on any atom is 0.262 e. The normalized spacial score (nSPS) is 10.7. The Morgan fingerprint density at radius 2 is 2.04 bits per heavy atom. The molecule has 2 aromatic heterocycles. The molecular weight excluding hydrogens is 332 g/mol. The largest absolute Gasteiger partial charge is 0.485 e. The molecule has 0 aliphatic heterocycles. The van der Waals surface area contributed by atoms with Crippen LogP contribution >= 0.6 is 0 Å². The molecule has 7 nitrogen and oxygen atoms in total. The predicted molar refractivity (Wildman–Crippen MR) is 98.4 cm³/mol. The number of benzene rings is 1. The molecule has 0 atom stereocenters. The maximum atomic E-state index is 11.4. The standard InChI is InChI=1S/C19H22N4O3/c1-2-7-15-18(20-12-17(24)22-25)23-11-6-10-16(19(23)21-15)26-13-14-8-4-3-5-9-14/h3-6,8-11,20,25H,2,7,12-13H2,1H3,(H,22,24). The quantitative estimate of drug-likeness (QED) is 0.428. The Kier molecular flexibility index (Phi) is 5.70. The number of aromatic nitrogens is 2. The summed E-state index contributed by atoms with van der Waals surface area (Å²) in [5.41, 5.74) is 4.25. The van der Waals surface area contributed by atoms with Gasteiger partial charge in [0.25, 0.3) is 5.91 Å². The van der Waals surface area contributed by atoms with E-state index in [4.69, 9.17) is 14.9 Å². The van der Waals surface area contributed by atoms with Gasteiger partial charge in [0.15, 0.2) is 11.4 Å². The molecule has 0 aliphatic carbocycles. The highest BCUT2D eigenvalue weighted by molar-refractivity contribution is 5.79. The van der Waals surface area contributed by atoms with Gasteiger partial charge in [-0.2, -0.15) is 0 Å². The number of carbonyl (C=O) groups is 1. The highest BCUT2D eigenvalue weighted by Gasteiger charge is 2.15. The average molecular weight is 354 g/mol. The van der Waals surface area contributed by atoms with E-state index in [2.05, 4.69) is 12.2 Å². The summed E-state index contributed by atoms with van der Waals surface area (Å²) in [5, 5.41) is 11.7. The maximum absolute atomic E-state index is 11.4. The topological polar surface area (TPSA) is 87.9 Å². The molecule has 3 N–H and O–H groups in total. The van der Waals surface area contributed by atoms with Crippen LogP contribution in [0.25, 0.3) is 5.65 Å². The number of aryl methyl sites for hydroxylation is 1. The van der Waals surface area contributed by atoms with Crippen LogP contribution in [0, 0.1) is 0 Å². The van der Waals surface area contributed by atoms with Gasteiger partial charge in [-0.25, -0.2) is 10.5 Å². The van der Waals surface area contributed by atoms with Crippen LogP contribution in [-0.4, -0.2) is 27.0 Å². The number of hydrogen-bond donors (Lipinski definition) is 3. The van der Waals surface area contributed by atoms with E-state index in [-0.39, 0.29) is 6.54 Å². The molecule has 7 heteroatoms. The van der Waals surface area contributed by atoms with Gasteiger partial charge in [-0.1, -0.05) is 43.7 Å². The highest BCUT2D eigenvalue weighted by Crippen LogP contribution is 2.27. The zero-order valence-corrected chi connectivity index (χ0v) is 14.6. The minimum Gasteiger partial charge on any atom is -0.485 e. The Hall–Kier alpha value is -3.06. The van der Waals surface area contributed by atoms with Crippen LogP contribution in [0.2, 0.25) is 0 Å². The lowest BCUT2D eigenvalue weighted by Crippen LogP contribution is -2.27. The number of hydrogen-bond acceptors (Lipinski definition) is 5. The van der Waals surface area contributed by atoms with Gasteiger partial charge < -0.3 is 10.1 Å². The van der Waals surface area contributed by atoms with E-state index in [0.29, 0.717) is 18.0 Å². The van der Waals surface area contributed by atoms with E-state index < -0.39 is 5.91 Å². The zero-order chi connectivity index (χ0) is 18.4. The number of rotatable bonds is 8. The Morgan fingerprint density at radius 3 is 2.77 bits per heavy atom. The third kappa shape index (κ3) is 3.94. The van der Waals surface area contributed by atoms with E-state index in [1.165, 1.54) is 0 Å². The fraction of sp³-hybridized carbons (Fsp3) is 0.263. The molecule has 26 heavy (non-hydrogen) atoms. The number of pyridine rings is 1. The van der Waals surface area contributed by atoms with Crippen molar-refractivity contribution in [2.24, 2.45) is 0 Å². The first-order valence-electron chi connectivity index (χ1n) is 8.56. The van der Waals surface area contributed by atoms with E-state index in [9.17, 15) is 4.79 Å². The van der Waals surface area contributed by atoms with Crippen molar-refractivity contribution in [3.8, 4) is 5.75 Å². The molecule has 3 aromatic rings. The SMILES string of the molecule is CCCc1nc2c(OCc3ccccc3)cccn2c1NCC(=O)NO. The lowest BCUT2D eigenvalue weighted by atomic mass is 10.2. The third-order valence-electron chi connectivity index (χ3n) is 3.95. The first kappa shape index (κ1) is 17.8. The number of anilines is 1. The number of fused-ring (bicyclic) bond motifs is 1. The molecule has 1 amide bonds. The summed E-state index contributed by atoms with van der Waals surface area (Å²) in [4.78, 5) is 16.1. The molecule has 0 radical (unpaired) electrons. The van der Waals surface area contributed by atoms with Crippen molar-refractivity contribution in [2.75, 3.05) is 11.9 Å². The molecule has 0 saturated heterocycles. The number of ether oxygens (including phenoxy) is 1. The summed E-state index contributed by atoms with van der Waals surface area (Å²) in [6.45, 7) is 2.48. The van der Waals surface area contributed by atoms with Crippen LogP contribution in [-0.2, 0) is 17.8 Å². The number of imidazole rings is 1. The number of nitrogens with one attached hydrogen (secondary N) is 2. The molecule has 0 saturated carbocycles. The minimum absolute atomic E-state index is 0.0455. The Bertz CT molecular complexity index is 877. The Morgan fingerprint density at radius 1 is 1.23 bits per heavy atom. The number of nitrogens with zero attached hydrogens (tertiary/aromatic N) is 2. The molecule has 136 valence electrons. The molecule has 0 unspecified atom stereocenters. The summed E-state index contributed by atoms with van der Waals surface area (Å²) in [7, 11) is 0. The monoisotopic (exact) mass is 354 g/mol. The lowest BCUT2D eigenvalue weighted by molar-refractivity contribution is -0.127. The van der Waals surface area contributed by atoms with Crippen LogP contribution in [0.4, 0.5) is 5.82 Å². The van der Waals surface area contributed by atoms with Crippen molar-refractivity contribution in [1.29, 1.82) is 0 Å². The van der Waals surface area contributed by atoms with Crippen molar-refractivity contribution in [1.82, 2.24) is 14.9 Å². The smallest absolute Gasteiger partial charge is 0.262 e. The van der Waals surface area contributed by atoms with E-state index >= 15 is 0 Å². The number of hydroxylamine groups is 1. The minimum atomic E-state index is -0.515. The first-order valence-corrected chi connectivity index (χ1v) is 8.56. The molecule has 3 rings (SSSR count). The van der Waals surface area contributed by atoms with Gasteiger partial charge in [0.1, 0.15) is 12.4 Å². The number of amides is 1. The lowest BCUT2D eigenvalue weighted by Gasteiger charge is -2.09. The molecule has 2 heterocycles. The summed E-state index contributed by atoms with van der Waals surface area (Å²) in [6, 6.07) is 13.7. The second kappa shape index (κ2) is 8.35. The first-order chi connectivity index (χ1) is 12.7. The highest BCUT2D eigenvalue weighted by atomic mass is 16.5. The predicted octanol–water partition coefficient (Wildman–Crippen LogP) is 2.78. The van der Waals surface area contributed by atoms with Gasteiger partial charge >= 0.3 is 0 Å². The van der Waals surface area contributed by atoms with Crippen LogP contribution in [0.15, 0.2) is 48.7 Å². The van der Waals surface area contributed by atoms with Gasteiger partial charge in [0.2, 0.25) is 0 Å². The third-order valence-corrected chi connectivity index (χ3v) is 3.95. The summed E-state index contributed by atoms with van der Waals surface area (Å²) in [6.07, 6.45) is 3.56. The van der Waals surface area contributed by atoms with Crippen molar-refractivity contribution >= 4 is 17.4 Å². The van der Waals surface area contributed by atoms with Gasteiger partial charge in [0, 0.05) is 6.20 Å². The van der Waals surface area contributed by atoms with E-state index in [0.717, 1.165) is 29.9 Å². The fourth-order valence-corrected chi connectivity index (χ4v) is 2.74. The average Bonchev–Trinajstić information content (AvgIpc) is 3.03. The van der Waals surface area contributed by atoms with Crippen LogP contribution in [0.1, 0.15) is 24.6 Å².